The first-order chi connectivity index (χ1) is 9.29. The van der Waals surface area contributed by atoms with Crippen molar-refractivity contribution in [3.63, 3.8) is 0 Å². The monoisotopic (exact) mass is 296 g/mol. The molecule has 6 heteroatoms. The zero-order chi connectivity index (χ0) is 15.2. The van der Waals surface area contributed by atoms with Gasteiger partial charge in [-0.05, 0) is 31.6 Å². The summed E-state index contributed by atoms with van der Waals surface area (Å²) in [6.45, 7) is 0.388. The van der Waals surface area contributed by atoms with Crippen molar-refractivity contribution in [1.82, 2.24) is 0 Å². The van der Waals surface area contributed by atoms with E-state index in [1.807, 2.05) is 0 Å². The number of hydrogen-bond acceptors (Lipinski definition) is 2. The maximum atomic E-state index is 12.1. The largest absolute Gasteiger partial charge is 0.481 e. The quantitative estimate of drug-likeness (QED) is 0.772. The predicted molar refractivity (Wildman–Crippen MR) is 68.4 cm³/mol. The van der Waals surface area contributed by atoms with Crippen LogP contribution < -0.4 is 0 Å². The van der Waals surface area contributed by atoms with E-state index in [1.165, 1.54) is 0 Å². The minimum atomic E-state index is -4.40. The van der Waals surface area contributed by atoms with Gasteiger partial charge in [-0.15, -0.1) is 0 Å². The highest BCUT2D eigenvalue weighted by molar-refractivity contribution is 5.74. The highest BCUT2D eigenvalue weighted by Gasteiger charge is 2.43. The van der Waals surface area contributed by atoms with E-state index < -0.39 is 24.2 Å². The van der Waals surface area contributed by atoms with Crippen LogP contribution in [0.5, 0.6) is 0 Å². The third-order valence-electron chi connectivity index (χ3n) is 4.13. The van der Waals surface area contributed by atoms with Gasteiger partial charge in [0, 0.05) is 0 Å². The molecule has 0 radical (unpaired) electrons. The number of carboxylic acids is 1. The van der Waals surface area contributed by atoms with Gasteiger partial charge in [0.05, 0.1) is 12.0 Å². The number of hydrogen-bond donors (Lipinski definition) is 1. The topological polar surface area (TPSA) is 46.5 Å². The van der Waals surface area contributed by atoms with Crippen LogP contribution in [0.1, 0.15) is 51.9 Å². The second-order valence-electron chi connectivity index (χ2n) is 5.78. The Morgan fingerprint density at radius 2 is 1.95 bits per heavy atom. The first-order valence-electron chi connectivity index (χ1n) is 7.17. The Labute approximate surface area is 117 Å². The van der Waals surface area contributed by atoms with E-state index in [2.05, 4.69) is 11.7 Å². The van der Waals surface area contributed by atoms with Crippen molar-refractivity contribution < 1.29 is 27.8 Å². The zero-order valence-electron chi connectivity index (χ0n) is 11.8. The average molecular weight is 296 g/mol. The molecule has 1 N–H and O–H groups in total. The highest BCUT2D eigenvalue weighted by atomic mass is 19.4. The average Bonchev–Trinajstić information content (AvgIpc) is 2.36. The first-order valence-corrected chi connectivity index (χ1v) is 7.17. The van der Waals surface area contributed by atoms with Gasteiger partial charge in [0.1, 0.15) is 6.61 Å². The van der Waals surface area contributed by atoms with E-state index in [1.54, 1.807) is 0 Å². The van der Waals surface area contributed by atoms with Gasteiger partial charge in [-0.1, -0.05) is 26.2 Å². The van der Waals surface area contributed by atoms with Crippen LogP contribution in [0, 0.1) is 11.3 Å². The van der Waals surface area contributed by atoms with Gasteiger partial charge in [0.15, 0.2) is 0 Å². The number of aliphatic carboxylic acids is 1. The molecule has 0 aromatic carbocycles. The molecule has 1 fully saturated rings. The van der Waals surface area contributed by atoms with Crippen molar-refractivity contribution in [2.45, 2.75) is 58.0 Å². The van der Waals surface area contributed by atoms with E-state index >= 15 is 0 Å². The normalized spacial score (nSPS) is 27.5. The number of carboxylic acid groups (broad SMARTS) is 1. The summed E-state index contributed by atoms with van der Waals surface area (Å²) in [6.07, 6.45) is 1.25. The summed E-state index contributed by atoms with van der Waals surface area (Å²) in [5.74, 6) is -0.529. The molecule has 0 bridgehead atoms. The van der Waals surface area contributed by atoms with Gasteiger partial charge >= 0.3 is 12.1 Å². The van der Waals surface area contributed by atoms with Crippen LogP contribution in [0.4, 0.5) is 13.2 Å². The molecule has 118 valence electrons. The molecule has 1 rings (SSSR count). The molecule has 20 heavy (non-hydrogen) atoms. The maximum Gasteiger partial charge on any atom is 0.411 e. The molecule has 0 saturated heterocycles. The van der Waals surface area contributed by atoms with Crippen molar-refractivity contribution >= 4 is 5.97 Å². The minimum Gasteiger partial charge on any atom is -0.481 e. The lowest BCUT2D eigenvalue weighted by Crippen LogP contribution is -2.40. The molecule has 1 saturated carbocycles. The first kappa shape index (κ1) is 17.3. The van der Waals surface area contributed by atoms with Crippen LogP contribution in [0.2, 0.25) is 0 Å². The number of halogens is 3. The Bertz CT molecular complexity index is 307. The zero-order valence-corrected chi connectivity index (χ0v) is 11.8. The lowest BCUT2D eigenvalue weighted by molar-refractivity contribution is -0.189. The van der Waals surface area contributed by atoms with Crippen LogP contribution in [-0.2, 0) is 9.53 Å². The molecule has 0 amide bonds. The SMILES string of the molecule is CCCCC1CCC(COCC(F)(F)F)(C(=O)O)CC1. The number of alkyl halides is 3. The summed E-state index contributed by atoms with van der Waals surface area (Å²) in [4.78, 5) is 11.4. The van der Waals surface area contributed by atoms with E-state index in [9.17, 15) is 23.1 Å². The molecule has 0 aromatic rings. The molecule has 0 aromatic heterocycles. The number of rotatable bonds is 7. The van der Waals surface area contributed by atoms with Gasteiger partial charge in [-0.2, -0.15) is 13.2 Å². The van der Waals surface area contributed by atoms with E-state index in [0.29, 0.717) is 18.8 Å². The van der Waals surface area contributed by atoms with Crippen molar-refractivity contribution in [2.24, 2.45) is 11.3 Å². The third-order valence-corrected chi connectivity index (χ3v) is 4.13. The Hall–Kier alpha value is -0.780. The van der Waals surface area contributed by atoms with Gasteiger partial charge in [0.25, 0.3) is 0 Å². The van der Waals surface area contributed by atoms with Crippen molar-refractivity contribution in [3.8, 4) is 0 Å². The summed E-state index contributed by atoms with van der Waals surface area (Å²) < 4.78 is 40.8. The molecule has 1 aliphatic rings. The number of unbranched alkanes of at least 4 members (excludes halogenated alkanes) is 1. The molecule has 3 nitrogen and oxygen atoms in total. The van der Waals surface area contributed by atoms with Crippen LogP contribution in [-0.4, -0.2) is 30.5 Å². The van der Waals surface area contributed by atoms with Gasteiger partial charge in [0.2, 0.25) is 0 Å². The Kier molecular flexibility index (Phi) is 6.30. The Morgan fingerprint density at radius 1 is 1.35 bits per heavy atom. The summed E-state index contributed by atoms with van der Waals surface area (Å²) in [5, 5.41) is 9.32. The van der Waals surface area contributed by atoms with E-state index in [0.717, 1.165) is 32.1 Å². The van der Waals surface area contributed by atoms with Gasteiger partial charge in [-0.3, -0.25) is 4.79 Å². The van der Waals surface area contributed by atoms with Gasteiger partial charge < -0.3 is 9.84 Å². The summed E-state index contributed by atoms with van der Waals surface area (Å²) in [6, 6.07) is 0. The van der Waals surface area contributed by atoms with E-state index in [-0.39, 0.29) is 6.61 Å². The Morgan fingerprint density at radius 3 is 2.40 bits per heavy atom. The molecular formula is C14H23F3O3. The fourth-order valence-corrected chi connectivity index (χ4v) is 2.79. The second kappa shape index (κ2) is 7.29. The minimum absolute atomic E-state index is 0.345. The lowest BCUT2D eigenvalue weighted by Gasteiger charge is -2.36. The molecule has 0 atom stereocenters. The van der Waals surface area contributed by atoms with Crippen LogP contribution in [0.15, 0.2) is 0 Å². The highest BCUT2D eigenvalue weighted by Crippen LogP contribution is 2.41. The van der Waals surface area contributed by atoms with Crippen LogP contribution >= 0.6 is 0 Å². The summed E-state index contributed by atoms with van der Waals surface area (Å²) in [7, 11) is 0. The predicted octanol–water partition coefficient (Wildman–Crippen LogP) is 4.02. The fourth-order valence-electron chi connectivity index (χ4n) is 2.79. The molecule has 0 heterocycles. The summed E-state index contributed by atoms with van der Waals surface area (Å²) >= 11 is 0. The molecule has 1 aliphatic carbocycles. The Balaban J connectivity index is 2.47. The molecule has 0 aliphatic heterocycles. The molecule has 0 spiro atoms. The lowest BCUT2D eigenvalue weighted by atomic mass is 9.70. The van der Waals surface area contributed by atoms with Gasteiger partial charge in [-0.25, -0.2) is 0 Å². The maximum absolute atomic E-state index is 12.1. The standard InChI is InChI=1S/C14H23F3O3/c1-2-3-4-11-5-7-13(8-6-11,12(18)19)9-20-10-14(15,16)17/h11H,2-10H2,1H3,(H,18,19). The fraction of sp³-hybridized carbons (Fsp3) is 0.929. The molecular weight excluding hydrogens is 273 g/mol. The van der Waals surface area contributed by atoms with E-state index in [4.69, 9.17) is 0 Å². The van der Waals surface area contributed by atoms with Crippen molar-refractivity contribution in [1.29, 1.82) is 0 Å². The smallest absolute Gasteiger partial charge is 0.411 e. The van der Waals surface area contributed by atoms with Crippen molar-refractivity contribution in [2.75, 3.05) is 13.2 Å². The van der Waals surface area contributed by atoms with Crippen molar-refractivity contribution in [3.05, 3.63) is 0 Å². The second-order valence-corrected chi connectivity index (χ2v) is 5.78. The van der Waals surface area contributed by atoms with Crippen LogP contribution in [0.25, 0.3) is 0 Å². The number of ether oxygens (including phenoxy) is 1. The molecule has 0 unspecified atom stereocenters. The number of carbonyl (C=O) groups is 1. The van der Waals surface area contributed by atoms with Crippen LogP contribution in [0.3, 0.4) is 0 Å². The third kappa shape index (κ3) is 5.31. The summed E-state index contributed by atoms with van der Waals surface area (Å²) in [5.41, 5.74) is -1.13.